The highest BCUT2D eigenvalue weighted by molar-refractivity contribution is 7.89. The summed E-state index contributed by atoms with van der Waals surface area (Å²) >= 11 is 0. The second kappa shape index (κ2) is 8.09. The number of fused-ring (bicyclic) bond motifs is 1. The van der Waals surface area contributed by atoms with E-state index in [1.807, 2.05) is 0 Å². The summed E-state index contributed by atoms with van der Waals surface area (Å²) in [5.41, 5.74) is 0.698. The van der Waals surface area contributed by atoms with Crippen molar-refractivity contribution < 1.29 is 22.0 Å². The molecule has 2 aromatic carbocycles. The molecule has 0 spiro atoms. The second-order valence-corrected chi connectivity index (χ2v) is 8.41. The number of urea groups is 1. The van der Waals surface area contributed by atoms with Gasteiger partial charge in [-0.2, -0.15) is 0 Å². The third-order valence-corrected chi connectivity index (χ3v) is 5.86. The summed E-state index contributed by atoms with van der Waals surface area (Å²) in [6, 6.07) is 6.47. The zero-order valence-electron chi connectivity index (χ0n) is 15.6. The first kappa shape index (κ1) is 20.6. The maximum absolute atomic E-state index is 13.5. The van der Waals surface area contributed by atoms with E-state index in [-0.39, 0.29) is 23.7 Å². The third-order valence-electron chi connectivity index (χ3n) is 4.05. The van der Waals surface area contributed by atoms with Gasteiger partial charge in [-0.1, -0.05) is 5.21 Å². The van der Waals surface area contributed by atoms with Crippen molar-refractivity contribution in [2.75, 3.05) is 26.0 Å². The van der Waals surface area contributed by atoms with Gasteiger partial charge in [-0.05, 0) is 30.3 Å². The third kappa shape index (κ3) is 4.49. The van der Waals surface area contributed by atoms with Crippen LogP contribution in [0.15, 0.2) is 41.3 Å². The number of halogens is 2. The fourth-order valence-corrected chi connectivity index (χ4v) is 3.45. The van der Waals surface area contributed by atoms with Crippen LogP contribution in [0.25, 0.3) is 11.0 Å². The van der Waals surface area contributed by atoms with E-state index in [0.717, 1.165) is 22.5 Å². The molecule has 1 heterocycles. The van der Waals surface area contributed by atoms with Crippen LogP contribution in [0.2, 0.25) is 0 Å². The molecule has 2 N–H and O–H groups in total. The van der Waals surface area contributed by atoms with E-state index in [1.54, 1.807) is 6.07 Å². The summed E-state index contributed by atoms with van der Waals surface area (Å²) in [5.74, 6) is -1.43. The molecule has 0 aliphatic heterocycles. The Kier molecular flexibility index (Phi) is 5.75. The topological polar surface area (TPSA) is 109 Å². The van der Waals surface area contributed by atoms with Crippen LogP contribution in [-0.2, 0) is 16.6 Å². The van der Waals surface area contributed by atoms with Crippen molar-refractivity contribution in [1.82, 2.24) is 24.6 Å². The zero-order chi connectivity index (χ0) is 21.2. The number of nitrogens with zero attached hydrogens (tertiary/aromatic N) is 4. The molecule has 3 rings (SSSR count). The molecule has 0 atom stereocenters. The van der Waals surface area contributed by atoms with Gasteiger partial charge in [-0.15, -0.1) is 5.10 Å². The number of hydrogen-bond donors (Lipinski definition) is 2. The summed E-state index contributed by atoms with van der Waals surface area (Å²) in [6.07, 6.45) is 0. The van der Waals surface area contributed by atoms with Crippen molar-refractivity contribution in [3.8, 4) is 0 Å². The van der Waals surface area contributed by atoms with Crippen LogP contribution in [0, 0.1) is 11.6 Å². The average Bonchev–Trinajstić information content (AvgIpc) is 3.07. The number of amides is 2. The smallest absolute Gasteiger partial charge is 0.319 e. The average molecular weight is 424 g/mol. The molecule has 12 heteroatoms. The minimum atomic E-state index is -3.59. The lowest BCUT2D eigenvalue weighted by molar-refractivity contribution is 0.251. The summed E-state index contributed by atoms with van der Waals surface area (Å²) in [7, 11) is -0.723. The van der Waals surface area contributed by atoms with Crippen molar-refractivity contribution in [2.45, 2.75) is 11.4 Å². The maximum atomic E-state index is 13.5. The van der Waals surface area contributed by atoms with Gasteiger partial charge in [0, 0.05) is 26.7 Å². The lowest BCUT2D eigenvalue weighted by Gasteiger charge is -2.11. The van der Waals surface area contributed by atoms with Gasteiger partial charge in [0.15, 0.2) is 0 Å². The van der Waals surface area contributed by atoms with Gasteiger partial charge in [0.05, 0.1) is 22.6 Å². The van der Waals surface area contributed by atoms with E-state index >= 15 is 0 Å². The number of hydrogen-bond acceptors (Lipinski definition) is 5. The Hall–Kier alpha value is -3.12. The summed E-state index contributed by atoms with van der Waals surface area (Å²) in [5, 5.41) is 12.6. The molecule has 0 radical (unpaired) electrons. The van der Waals surface area contributed by atoms with Crippen LogP contribution in [0.4, 0.5) is 19.3 Å². The van der Waals surface area contributed by atoms with Gasteiger partial charge in [0.25, 0.3) is 0 Å². The number of aromatic nitrogens is 3. The summed E-state index contributed by atoms with van der Waals surface area (Å²) in [6.45, 7) is 0.355. The predicted octanol–water partition coefficient (Wildman–Crippen LogP) is 1.78. The van der Waals surface area contributed by atoms with Crippen molar-refractivity contribution in [3.63, 3.8) is 0 Å². The Morgan fingerprint density at radius 1 is 1.17 bits per heavy atom. The Morgan fingerprint density at radius 3 is 2.66 bits per heavy atom. The Balaban J connectivity index is 1.64. The predicted molar refractivity (Wildman–Crippen MR) is 102 cm³/mol. The van der Waals surface area contributed by atoms with Crippen molar-refractivity contribution in [3.05, 3.63) is 48.0 Å². The first-order valence-electron chi connectivity index (χ1n) is 8.44. The van der Waals surface area contributed by atoms with Crippen molar-refractivity contribution >= 4 is 32.8 Å². The molecule has 3 aromatic rings. The first-order valence-corrected chi connectivity index (χ1v) is 9.88. The van der Waals surface area contributed by atoms with Gasteiger partial charge < -0.3 is 10.6 Å². The molecule has 154 valence electrons. The van der Waals surface area contributed by atoms with Gasteiger partial charge in [0.2, 0.25) is 10.0 Å². The molecule has 0 saturated heterocycles. The largest absolute Gasteiger partial charge is 0.336 e. The molecule has 0 fully saturated rings. The molecular formula is C17H18F2N6O3S. The van der Waals surface area contributed by atoms with Crippen LogP contribution in [0.5, 0.6) is 0 Å². The molecule has 9 nitrogen and oxygen atoms in total. The minimum absolute atomic E-state index is 0.0941. The number of carbonyl (C=O) groups is 1. The van der Waals surface area contributed by atoms with E-state index in [2.05, 4.69) is 20.9 Å². The van der Waals surface area contributed by atoms with Gasteiger partial charge in [-0.25, -0.2) is 31.0 Å². The van der Waals surface area contributed by atoms with Crippen LogP contribution in [0.1, 0.15) is 0 Å². The Labute approximate surface area is 165 Å². The summed E-state index contributed by atoms with van der Waals surface area (Å²) < 4.78 is 53.6. The Morgan fingerprint density at radius 2 is 1.93 bits per heavy atom. The lowest BCUT2D eigenvalue weighted by Crippen LogP contribution is -2.32. The lowest BCUT2D eigenvalue weighted by atomic mass is 10.3. The van der Waals surface area contributed by atoms with Gasteiger partial charge in [0.1, 0.15) is 17.2 Å². The molecular weight excluding hydrogens is 406 g/mol. The molecule has 0 saturated carbocycles. The highest BCUT2D eigenvalue weighted by Crippen LogP contribution is 2.19. The highest BCUT2D eigenvalue weighted by Gasteiger charge is 2.18. The van der Waals surface area contributed by atoms with Crippen LogP contribution in [0.3, 0.4) is 0 Å². The molecule has 2 amide bonds. The SMILES string of the molecule is CN(C)S(=O)(=O)c1ccc2c(c1)nnn2CCNC(=O)Nc1cc(F)ccc1F. The van der Waals surface area contributed by atoms with E-state index in [9.17, 15) is 22.0 Å². The van der Waals surface area contributed by atoms with E-state index in [0.29, 0.717) is 11.0 Å². The number of rotatable bonds is 6. The molecule has 0 aliphatic rings. The number of benzene rings is 2. The van der Waals surface area contributed by atoms with Gasteiger partial charge >= 0.3 is 6.03 Å². The van der Waals surface area contributed by atoms with E-state index < -0.39 is 27.7 Å². The maximum Gasteiger partial charge on any atom is 0.319 e. The molecule has 0 aliphatic carbocycles. The molecule has 1 aromatic heterocycles. The number of anilines is 1. The van der Waals surface area contributed by atoms with Crippen molar-refractivity contribution in [2.24, 2.45) is 0 Å². The number of carbonyl (C=O) groups excluding carboxylic acids is 1. The fourth-order valence-electron chi connectivity index (χ4n) is 2.52. The molecule has 0 unspecified atom stereocenters. The fraction of sp³-hybridized carbons (Fsp3) is 0.235. The zero-order valence-corrected chi connectivity index (χ0v) is 16.4. The standard InChI is InChI=1S/C17H18F2N6O3S/c1-24(2)29(27,28)12-4-6-16-15(10-12)22-23-25(16)8-7-20-17(26)21-14-9-11(18)3-5-13(14)19/h3-6,9-10H,7-8H2,1-2H3,(H2,20,21,26). The molecule has 0 bridgehead atoms. The van der Waals surface area contributed by atoms with Crippen LogP contribution >= 0.6 is 0 Å². The van der Waals surface area contributed by atoms with E-state index in [1.165, 1.54) is 30.9 Å². The summed E-state index contributed by atoms with van der Waals surface area (Å²) in [4.78, 5) is 12.0. The van der Waals surface area contributed by atoms with Crippen molar-refractivity contribution in [1.29, 1.82) is 0 Å². The van der Waals surface area contributed by atoms with E-state index in [4.69, 9.17) is 0 Å². The normalized spacial score (nSPS) is 11.8. The van der Waals surface area contributed by atoms with Crippen LogP contribution < -0.4 is 10.6 Å². The number of sulfonamides is 1. The first-order chi connectivity index (χ1) is 13.7. The Bertz CT molecular complexity index is 1160. The monoisotopic (exact) mass is 424 g/mol. The van der Waals surface area contributed by atoms with Crippen LogP contribution in [-0.4, -0.2) is 54.4 Å². The highest BCUT2D eigenvalue weighted by atomic mass is 32.2. The second-order valence-electron chi connectivity index (χ2n) is 6.26. The number of nitrogens with one attached hydrogen (secondary N) is 2. The van der Waals surface area contributed by atoms with Gasteiger partial charge in [-0.3, -0.25) is 0 Å². The quantitative estimate of drug-likeness (QED) is 0.627. The molecule has 29 heavy (non-hydrogen) atoms. The minimum Gasteiger partial charge on any atom is -0.336 e.